The number of hydrogen-bond donors (Lipinski definition) is 1. The molecule has 0 aliphatic rings. The molecule has 0 saturated heterocycles. The molecule has 1 atom stereocenters. The number of hydrogen-bond acceptors (Lipinski definition) is 5. The number of carbonyl (C=O) groups excluding carboxylic acids is 1. The van der Waals surface area contributed by atoms with E-state index in [0.29, 0.717) is 12.4 Å². The van der Waals surface area contributed by atoms with Crippen LogP contribution in [0.3, 0.4) is 0 Å². The van der Waals surface area contributed by atoms with E-state index in [4.69, 9.17) is 9.26 Å². The Kier molecular flexibility index (Phi) is 3.22. The fourth-order valence-electron chi connectivity index (χ4n) is 1.36. The molecule has 2 rings (SSSR count). The van der Waals surface area contributed by atoms with Crippen molar-refractivity contribution in [3.63, 3.8) is 0 Å². The predicted octanol–water partition coefficient (Wildman–Crippen LogP) is 1.73. The van der Waals surface area contributed by atoms with Crippen LogP contribution in [0, 0.1) is 0 Å². The second-order valence-electron chi connectivity index (χ2n) is 3.51. The van der Waals surface area contributed by atoms with Gasteiger partial charge in [-0.05, 0) is 26.0 Å². The van der Waals surface area contributed by atoms with Crippen LogP contribution in [0.1, 0.15) is 25.7 Å². The highest BCUT2D eigenvalue weighted by Crippen LogP contribution is 2.19. The molecule has 2 aromatic rings. The Morgan fingerprint density at radius 3 is 3.12 bits per heavy atom. The van der Waals surface area contributed by atoms with Gasteiger partial charge in [0.25, 0.3) is 0 Å². The van der Waals surface area contributed by atoms with Gasteiger partial charge in [-0.25, -0.2) is 0 Å². The molecule has 6 heteroatoms. The zero-order valence-electron chi connectivity index (χ0n) is 9.64. The van der Waals surface area contributed by atoms with Gasteiger partial charge >= 0.3 is 5.97 Å². The van der Waals surface area contributed by atoms with E-state index >= 15 is 0 Å². The van der Waals surface area contributed by atoms with Crippen LogP contribution in [0.15, 0.2) is 22.9 Å². The third-order valence-electron chi connectivity index (χ3n) is 2.29. The molecular weight excluding hydrogens is 222 g/mol. The molecule has 2 heterocycles. The van der Waals surface area contributed by atoms with E-state index < -0.39 is 5.92 Å². The summed E-state index contributed by atoms with van der Waals surface area (Å²) in [5, 5.41) is 3.80. The molecule has 1 N–H and O–H groups in total. The molecule has 0 fully saturated rings. The van der Waals surface area contributed by atoms with Gasteiger partial charge in [0, 0.05) is 6.20 Å². The smallest absolute Gasteiger partial charge is 0.318 e. The minimum absolute atomic E-state index is 0.257. The maximum atomic E-state index is 11.5. The van der Waals surface area contributed by atoms with Crippen LogP contribution in [-0.2, 0) is 9.53 Å². The second kappa shape index (κ2) is 4.82. The number of H-pyrrole nitrogens is 1. The van der Waals surface area contributed by atoms with Gasteiger partial charge in [-0.2, -0.15) is 4.98 Å². The van der Waals surface area contributed by atoms with E-state index in [-0.39, 0.29) is 11.9 Å². The Morgan fingerprint density at radius 1 is 1.65 bits per heavy atom. The largest absolute Gasteiger partial charge is 0.465 e. The molecule has 6 nitrogen and oxygen atoms in total. The van der Waals surface area contributed by atoms with Crippen LogP contribution >= 0.6 is 0 Å². The number of aromatic nitrogens is 3. The van der Waals surface area contributed by atoms with Crippen LogP contribution in [0.5, 0.6) is 0 Å². The lowest BCUT2D eigenvalue weighted by Gasteiger charge is -2.04. The molecule has 0 aromatic carbocycles. The molecule has 0 saturated carbocycles. The Labute approximate surface area is 98.0 Å². The van der Waals surface area contributed by atoms with E-state index in [2.05, 4.69) is 15.1 Å². The normalized spacial score (nSPS) is 12.4. The van der Waals surface area contributed by atoms with Gasteiger partial charge in [-0.3, -0.25) is 4.79 Å². The fraction of sp³-hybridized carbons (Fsp3) is 0.364. The number of nitrogens with one attached hydrogen (secondary N) is 1. The maximum absolute atomic E-state index is 11.5. The van der Waals surface area contributed by atoms with Crippen LogP contribution in [0.2, 0.25) is 0 Å². The van der Waals surface area contributed by atoms with Crippen LogP contribution in [0.25, 0.3) is 11.5 Å². The van der Waals surface area contributed by atoms with Crippen LogP contribution in [0.4, 0.5) is 0 Å². The second-order valence-corrected chi connectivity index (χ2v) is 3.51. The maximum Gasteiger partial charge on any atom is 0.318 e. The quantitative estimate of drug-likeness (QED) is 0.816. The van der Waals surface area contributed by atoms with Crippen molar-refractivity contribution in [1.29, 1.82) is 0 Å². The molecule has 0 spiro atoms. The zero-order chi connectivity index (χ0) is 12.3. The predicted molar refractivity (Wildman–Crippen MR) is 59.1 cm³/mol. The lowest BCUT2D eigenvalue weighted by Crippen LogP contribution is -2.13. The van der Waals surface area contributed by atoms with Gasteiger partial charge in [-0.1, -0.05) is 5.16 Å². The molecule has 0 bridgehead atoms. The summed E-state index contributed by atoms with van der Waals surface area (Å²) in [6.07, 6.45) is 1.76. The summed E-state index contributed by atoms with van der Waals surface area (Å²) in [4.78, 5) is 18.6. The van der Waals surface area contributed by atoms with Crippen molar-refractivity contribution >= 4 is 5.97 Å². The highest BCUT2D eigenvalue weighted by Gasteiger charge is 2.23. The van der Waals surface area contributed by atoms with Crippen molar-refractivity contribution in [2.24, 2.45) is 0 Å². The molecule has 90 valence electrons. The average Bonchev–Trinajstić information content (AvgIpc) is 2.98. The number of aromatic amines is 1. The Bertz CT molecular complexity index is 490. The molecule has 0 amide bonds. The first-order chi connectivity index (χ1) is 8.22. The van der Waals surface area contributed by atoms with E-state index in [0.717, 1.165) is 5.69 Å². The summed E-state index contributed by atoms with van der Waals surface area (Å²) in [5.74, 6) is -0.227. The molecule has 0 aliphatic heterocycles. The molecule has 0 aliphatic carbocycles. The number of ether oxygens (including phenoxy) is 1. The molecule has 2 aromatic heterocycles. The highest BCUT2D eigenvalue weighted by atomic mass is 16.5. The fourth-order valence-corrected chi connectivity index (χ4v) is 1.36. The topological polar surface area (TPSA) is 81.0 Å². The lowest BCUT2D eigenvalue weighted by atomic mass is 10.2. The molecule has 0 radical (unpaired) electrons. The molecule has 17 heavy (non-hydrogen) atoms. The Hall–Kier alpha value is -2.11. The van der Waals surface area contributed by atoms with Gasteiger partial charge in [0.05, 0.1) is 12.3 Å². The molecule has 1 unspecified atom stereocenters. The van der Waals surface area contributed by atoms with Gasteiger partial charge in [0.1, 0.15) is 5.92 Å². The standard InChI is InChI=1S/C11H13N3O3/c1-3-16-11(15)7(2)10-13-9(14-17-10)8-5-4-6-12-8/h4-7,12H,3H2,1-2H3. The van der Waals surface area contributed by atoms with Crippen molar-refractivity contribution in [2.75, 3.05) is 6.61 Å². The highest BCUT2D eigenvalue weighted by molar-refractivity contribution is 5.76. The summed E-state index contributed by atoms with van der Waals surface area (Å²) in [5.41, 5.74) is 0.746. The number of nitrogens with zero attached hydrogens (tertiary/aromatic N) is 2. The summed E-state index contributed by atoms with van der Waals surface area (Å²) in [6.45, 7) is 3.76. The summed E-state index contributed by atoms with van der Waals surface area (Å²) in [7, 11) is 0. The number of rotatable bonds is 4. The monoisotopic (exact) mass is 235 g/mol. The first-order valence-corrected chi connectivity index (χ1v) is 5.36. The zero-order valence-corrected chi connectivity index (χ0v) is 9.64. The summed E-state index contributed by atoms with van der Waals surface area (Å²) >= 11 is 0. The average molecular weight is 235 g/mol. The summed E-state index contributed by atoms with van der Waals surface area (Å²) in [6, 6.07) is 3.66. The lowest BCUT2D eigenvalue weighted by molar-refractivity contribution is -0.145. The van der Waals surface area contributed by atoms with Crippen molar-refractivity contribution in [3.05, 3.63) is 24.2 Å². The van der Waals surface area contributed by atoms with Crippen LogP contribution in [-0.4, -0.2) is 27.7 Å². The molecular formula is C11H13N3O3. The van der Waals surface area contributed by atoms with Crippen LogP contribution < -0.4 is 0 Å². The van der Waals surface area contributed by atoms with Crippen molar-refractivity contribution in [1.82, 2.24) is 15.1 Å². The van der Waals surface area contributed by atoms with Gasteiger partial charge in [0.2, 0.25) is 11.7 Å². The number of carbonyl (C=O) groups is 1. The minimum atomic E-state index is -0.550. The van der Waals surface area contributed by atoms with Crippen molar-refractivity contribution in [2.45, 2.75) is 19.8 Å². The van der Waals surface area contributed by atoms with E-state index in [1.54, 1.807) is 20.0 Å². The minimum Gasteiger partial charge on any atom is -0.465 e. The van der Waals surface area contributed by atoms with Crippen molar-refractivity contribution in [3.8, 4) is 11.5 Å². The van der Waals surface area contributed by atoms with Gasteiger partial charge in [0.15, 0.2) is 0 Å². The first-order valence-electron chi connectivity index (χ1n) is 5.36. The Balaban J connectivity index is 2.16. The van der Waals surface area contributed by atoms with Gasteiger partial charge < -0.3 is 14.2 Å². The van der Waals surface area contributed by atoms with Gasteiger partial charge in [-0.15, -0.1) is 0 Å². The summed E-state index contributed by atoms with van der Waals surface area (Å²) < 4.78 is 9.92. The van der Waals surface area contributed by atoms with Crippen molar-refractivity contribution < 1.29 is 14.1 Å². The first kappa shape index (κ1) is 11.4. The van der Waals surface area contributed by atoms with E-state index in [9.17, 15) is 4.79 Å². The van der Waals surface area contributed by atoms with E-state index in [1.807, 2.05) is 12.1 Å². The number of esters is 1. The third-order valence-corrected chi connectivity index (χ3v) is 2.29. The van der Waals surface area contributed by atoms with E-state index in [1.165, 1.54) is 0 Å². The third kappa shape index (κ3) is 2.35. The SMILES string of the molecule is CCOC(=O)C(C)c1nc(-c2ccc[nH]2)no1. The Morgan fingerprint density at radius 2 is 2.47 bits per heavy atom.